The Morgan fingerprint density at radius 2 is 1.27 bits per heavy atom. The third-order valence-corrected chi connectivity index (χ3v) is 7.94. The van der Waals surface area contributed by atoms with Gasteiger partial charge in [-0.05, 0) is 59.0 Å². The van der Waals surface area contributed by atoms with Crippen LogP contribution in [0.2, 0.25) is 0 Å². The minimum absolute atomic E-state index is 0.228. The van der Waals surface area contributed by atoms with Crippen molar-refractivity contribution >= 4 is 17.0 Å². The Kier molecular flexibility index (Phi) is 26.7. The Labute approximate surface area is 236 Å². The van der Waals surface area contributed by atoms with Crippen LogP contribution in [0.25, 0.3) is 0 Å². The van der Waals surface area contributed by atoms with Gasteiger partial charge in [0.1, 0.15) is 0 Å². The smallest absolute Gasteiger partial charge is 0.281 e. The molecule has 37 heavy (non-hydrogen) atoms. The molecule has 0 bridgehead atoms. The molecule has 0 aliphatic rings. The van der Waals surface area contributed by atoms with Crippen molar-refractivity contribution in [2.45, 2.75) is 142 Å². The number of ether oxygens (including phenoxy) is 1. The molecule has 0 unspecified atom stereocenters. The second-order valence-corrected chi connectivity index (χ2v) is 12.2. The number of unbranched alkanes of at least 4 members (excludes halogenated alkanes) is 9. The highest BCUT2D eigenvalue weighted by molar-refractivity contribution is 8.13. The molecular weight excluding hydrogens is 476 g/mol. The van der Waals surface area contributed by atoms with E-state index < -0.39 is 0 Å². The van der Waals surface area contributed by atoms with E-state index in [1.165, 1.54) is 107 Å². The van der Waals surface area contributed by atoms with Crippen LogP contribution in [0.4, 0.5) is 4.79 Å². The highest BCUT2D eigenvalue weighted by atomic mass is 32.2. The summed E-state index contributed by atoms with van der Waals surface area (Å²) >= 11 is 1.47. The first-order valence-corrected chi connectivity index (χ1v) is 16.8. The molecule has 0 saturated carbocycles. The number of hydrogen-bond donors (Lipinski definition) is 0. The lowest BCUT2D eigenvalue weighted by molar-refractivity contribution is 0.0343. The number of allylic oxidation sites excluding steroid dienone is 1. The van der Waals surface area contributed by atoms with E-state index in [0.717, 1.165) is 57.7 Å². The SMILES string of the molecule is C=C(CCCCCC)CCCN(CCCOC(CCCCCC)CCCCCC)C(=O)SCCN(C)C. The van der Waals surface area contributed by atoms with Crippen molar-refractivity contribution in [1.29, 1.82) is 0 Å². The van der Waals surface area contributed by atoms with Gasteiger partial charge in [0.15, 0.2) is 0 Å². The maximum atomic E-state index is 13.0. The zero-order chi connectivity index (χ0) is 27.6. The number of carbonyl (C=O) groups is 1. The molecular formula is C32H64N2O2S. The number of carbonyl (C=O) groups excluding carboxylic acids is 1. The number of nitrogens with zero attached hydrogens (tertiary/aromatic N) is 2. The van der Waals surface area contributed by atoms with Crippen molar-refractivity contribution in [3.05, 3.63) is 12.2 Å². The fraction of sp³-hybridized carbons (Fsp3) is 0.906. The first-order chi connectivity index (χ1) is 17.9. The largest absolute Gasteiger partial charge is 0.378 e. The molecule has 220 valence electrons. The lowest BCUT2D eigenvalue weighted by Crippen LogP contribution is -2.31. The van der Waals surface area contributed by atoms with Crippen molar-refractivity contribution in [2.24, 2.45) is 0 Å². The van der Waals surface area contributed by atoms with Crippen LogP contribution in [-0.2, 0) is 4.74 Å². The average Bonchev–Trinajstić information content (AvgIpc) is 2.87. The van der Waals surface area contributed by atoms with E-state index in [1.807, 2.05) is 0 Å². The molecule has 0 N–H and O–H groups in total. The van der Waals surface area contributed by atoms with Gasteiger partial charge in [0.2, 0.25) is 0 Å². The van der Waals surface area contributed by atoms with Gasteiger partial charge in [0.05, 0.1) is 6.10 Å². The predicted molar refractivity (Wildman–Crippen MR) is 167 cm³/mol. The maximum absolute atomic E-state index is 13.0. The van der Waals surface area contributed by atoms with Crippen LogP contribution in [-0.4, -0.2) is 67.2 Å². The summed E-state index contributed by atoms with van der Waals surface area (Å²) in [5.41, 5.74) is 1.35. The first kappa shape index (κ1) is 36.5. The van der Waals surface area contributed by atoms with Crippen LogP contribution in [0.15, 0.2) is 12.2 Å². The Hall–Kier alpha value is -0.520. The summed E-state index contributed by atoms with van der Waals surface area (Å²) in [7, 11) is 4.13. The van der Waals surface area contributed by atoms with Crippen LogP contribution in [0, 0.1) is 0 Å². The van der Waals surface area contributed by atoms with Crippen LogP contribution < -0.4 is 0 Å². The molecule has 0 saturated heterocycles. The van der Waals surface area contributed by atoms with Gasteiger partial charge in [-0.15, -0.1) is 0 Å². The van der Waals surface area contributed by atoms with Gasteiger partial charge in [-0.25, -0.2) is 0 Å². The standard InChI is InChI=1S/C32H64N2O2S/c1-7-10-13-16-21-30(4)22-19-25-34(32(35)37-29-27-33(5)6)26-20-28-36-31(23-17-14-11-8-2)24-18-15-12-9-3/h31H,4,7-29H2,1-3,5-6H3. The van der Waals surface area contributed by atoms with Crippen LogP contribution in [0.5, 0.6) is 0 Å². The summed E-state index contributed by atoms with van der Waals surface area (Å²) in [5.74, 6) is 0.848. The quantitative estimate of drug-likeness (QED) is 0.0766. The third-order valence-electron chi connectivity index (χ3n) is 7.05. The lowest BCUT2D eigenvalue weighted by Gasteiger charge is -2.24. The van der Waals surface area contributed by atoms with Gasteiger partial charge in [-0.2, -0.15) is 0 Å². The van der Waals surface area contributed by atoms with E-state index in [4.69, 9.17) is 4.74 Å². The van der Waals surface area contributed by atoms with Crippen molar-refractivity contribution in [1.82, 2.24) is 9.80 Å². The minimum atomic E-state index is 0.228. The van der Waals surface area contributed by atoms with Gasteiger partial charge in [0, 0.05) is 32.0 Å². The first-order valence-electron chi connectivity index (χ1n) is 15.8. The Balaban J connectivity index is 4.59. The van der Waals surface area contributed by atoms with Gasteiger partial charge >= 0.3 is 0 Å². The molecule has 0 aromatic rings. The predicted octanol–water partition coefficient (Wildman–Crippen LogP) is 9.73. The zero-order valence-corrected chi connectivity index (χ0v) is 26.5. The molecule has 1 amide bonds. The van der Waals surface area contributed by atoms with E-state index in [9.17, 15) is 4.79 Å². The topological polar surface area (TPSA) is 32.8 Å². The fourth-order valence-electron chi connectivity index (χ4n) is 4.56. The average molecular weight is 541 g/mol. The number of thioether (sulfide) groups is 1. The molecule has 5 heteroatoms. The molecule has 4 nitrogen and oxygen atoms in total. The van der Waals surface area contributed by atoms with E-state index in [0.29, 0.717) is 6.10 Å². The summed E-state index contributed by atoms with van der Waals surface area (Å²) in [4.78, 5) is 17.2. The second kappa shape index (κ2) is 27.1. The molecule has 0 radical (unpaired) electrons. The lowest BCUT2D eigenvalue weighted by atomic mass is 10.0. The van der Waals surface area contributed by atoms with E-state index in [-0.39, 0.29) is 5.24 Å². The molecule has 0 spiro atoms. The summed E-state index contributed by atoms with van der Waals surface area (Å²) in [6.07, 6.45) is 22.5. The molecule has 0 aliphatic heterocycles. The normalized spacial score (nSPS) is 11.5. The van der Waals surface area contributed by atoms with Crippen LogP contribution in [0.1, 0.15) is 136 Å². The van der Waals surface area contributed by atoms with Crippen LogP contribution >= 0.6 is 11.8 Å². The highest BCUT2D eigenvalue weighted by Gasteiger charge is 2.15. The van der Waals surface area contributed by atoms with E-state index >= 15 is 0 Å². The van der Waals surface area contributed by atoms with E-state index in [2.05, 4.69) is 51.2 Å². The molecule has 0 aromatic heterocycles. The number of hydrogen-bond acceptors (Lipinski definition) is 4. The maximum Gasteiger partial charge on any atom is 0.281 e. The Bertz CT molecular complexity index is 515. The van der Waals surface area contributed by atoms with Crippen LogP contribution in [0.3, 0.4) is 0 Å². The van der Waals surface area contributed by atoms with Gasteiger partial charge < -0.3 is 14.5 Å². The monoisotopic (exact) mass is 540 g/mol. The Morgan fingerprint density at radius 1 is 0.730 bits per heavy atom. The minimum Gasteiger partial charge on any atom is -0.378 e. The molecule has 0 rings (SSSR count). The molecule has 0 aliphatic carbocycles. The zero-order valence-electron chi connectivity index (χ0n) is 25.7. The summed E-state index contributed by atoms with van der Waals surface area (Å²) in [6.45, 7) is 14.4. The second-order valence-electron chi connectivity index (χ2n) is 11.1. The molecule has 0 fully saturated rings. The number of amides is 1. The highest BCUT2D eigenvalue weighted by Crippen LogP contribution is 2.18. The van der Waals surface area contributed by atoms with Gasteiger partial charge in [-0.3, -0.25) is 4.79 Å². The van der Waals surface area contributed by atoms with Gasteiger partial charge in [-0.1, -0.05) is 115 Å². The molecule has 0 aromatic carbocycles. The molecule has 0 heterocycles. The van der Waals surface area contributed by atoms with Crippen molar-refractivity contribution < 1.29 is 9.53 Å². The Morgan fingerprint density at radius 3 is 1.84 bits per heavy atom. The summed E-state index contributed by atoms with van der Waals surface area (Å²) in [6, 6.07) is 0. The van der Waals surface area contributed by atoms with Gasteiger partial charge in [0.25, 0.3) is 5.24 Å². The molecule has 0 atom stereocenters. The van der Waals surface area contributed by atoms with Crippen molar-refractivity contribution in [2.75, 3.05) is 46.1 Å². The van der Waals surface area contributed by atoms with Crippen molar-refractivity contribution in [3.8, 4) is 0 Å². The third kappa shape index (κ3) is 24.3. The van der Waals surface area contributed by atoms with Crippen molar-refractivity contribution in [3.63, 3.8) is 0 Å². The fourth-order valence-corrected chi connectivity index (χ4v) is 5.56. The summed E-state index contributed by atoms with van der Waals surface area (Å²) < 4.78 is 6.39. The van der Waals surface area contributed by atoms with E-state index in [1.54, 1.807) is 0 Å². The summed E-state index contributed by atoms with van der Waals surface area (Å²) in [5, 5.41) is 0.228. The number of rotatable bonds is 27.